The quantitative estimate of drug-likeness (QED) is 0.764. The normalized spacial score (nSPS) is 26.4. The highest BCUT2D eigenvalue weighted by molar-refractivity contribution is 5.95. The number of nitriles is 1. The van der Waals surface area contributed by atoms with Crippen molar-refractivity contribution in [3.05, 3.63) is 70.7 Å². The second kappa shape index (κ2) is 8.15. The number of fused-ring (bicyclic) bond motifs is 3. The fraction of sp³-hybridized carbons (Fsp3) is 0.407. The van der Waals surface area contributed by atoms with Crippen LogP contribution in [0.15, 0.2) is 65.2 Å². The predicted octanol–water partition coefficient (Wildman–Crippen LogP) is 2.76. The number of ether oxygens (including phenoxy) is 1. The summed E-state index contributed by atoms with van der Waals surface area (Å²) < 4.78 is 5.56. The van der Waals surface area contributed by atoms with Gasteiger partial charge in [0.25, 0.3) is 0 Å². The smallest absolute Gasteiger partial charge is 0.101 e. The topological polar surface area (TPSA) is 81.7 Å². The van der Waals surface area contributed by atoms with Crippen LogP contribution in [0.3, 0.4) is 0 Å². The molecule has 1 aromatic heterocycles. The first-order valence-corrected chi connectivity index (χ1v) is 12.0. The summed E-state index contributed by atoms with van der Waals surface area (Å²) in [6, 6.07) is 10.8. The van der Waals surface area contributed by atoms with E-state index in [0.717, 1.165) is 55.7 Å². The van der Waals surface area contributed by atoms with Crippen molar-refractivity contribution in [1.82, 2.24) is 14.8 Å². The highest BCUT2D eigenvalue weighted by Gasteiger charge is 2.38. The molecule has 0 amide bonds. The number of hydrogen-bond acceptors (Lipinski definition) is 7. The Labute approximate surface area is 200 Å². The zero-order valence-electron chi connectivity index (χ0n) is 19.7. The molecule has 174 valence electrons. The van der Waals surface area contributed by atoms with E-state index in [9.17, 15) is 5.26 Å². The van der Waals surface area contributed by atoms with E-state index in [0.29, 0.717) is 11.6 Å². The van der Waals surface area contributed by atoms with Crippen molar-refractivity contribution in [3.8, 4) is 6.07 Å². The third-order valence-corrected chi connectivity index (χ3v) is 7.80. The molecule has 2 saturated heterocycles. The number of likely N-dealkylation sites (tertiary alicyclic amines) is 1. The molecular formula is C27H30N6O. The lowest BCUT2D eigenvalue weighted by Gasteiger charge is -2.42. The standard InChI is InChI=1S/C27H30N6O/c1-17-12-32(24-8-5-18(11-28)27-22(24)4-3-9-30-27)15-25-21-7-6-20(10-19(21)13-33(17)25)31-14-23(29)26(16-31)34-2/h3-6,8-10,17,23,26H,7,12-16,29H2,1-2H3/t17-,23?,26?/m1/s1. The van der Waals surface area contributed by atoms with E-state index >= 15 is 0 Å². The lowest BCUT2D eigenvalue weighted by Crippen LogP contribution is -2.49. The Kier molecular flexibility index (Phi) is 5.09. The summed E-state index contributed by atoms with van der Waals surface area (Å²) in [7, 11) is 1.75. The molecule has 0 radical (unpaired) electrons. The van der Waals surface area contributed by atoms with Gasteiger partial charge in [-0.3, -0.25) is 4.98 Å². The largest absolute Gasteiger partial charge is 0.378 e. The highest BCUT2D eigenvalue weighted by Crippen LogP contribution is 2.41. The Bertz CT molecular complexity index is 1290. The first-order valence-electron chi connectivity index (χ1n) is 12.0. The number of anilines is 1. The third-order valence-electron chi connectivity index (χ3n) is 7.80. The minimum atomic E-state index is 0.0595. The van der Waals surface area contributed by atoms with Gasteiger partial charge < -0.3 is 25.2 Å². The number of pyridine rings is 1. The van der Waals surface area contributed by atoms with Crippen molar-refractivity contribution in [1.29, 1.82) is 5.26 Å². The number of nitrogens with two attached hydrogens (primary N) is 1. The van der Waals surface area contributed by atoms with E-state index in [1.807, 2.05) is 12.1 Å². The molecule has 2 unspecified atom stereocenters. The summed E-state index contributed by atoms with van der Waals surface area (Å²) >= 11 is 0. The van der Waals surface area contributed by atoms with Crippen molar-refractivity contribution in [2.45, 2.75) is 31.5 Å². The zero-order valence-corrected chi connectivity index (χ0v) is 19.7. The monoisotopic (exact) mass is 454 g/mol. The van der Waals surface area contributed by atoms with Gasteiger partial charge in [-0.1, -0.05) is 6.08 Å². The maximum absolute atomic E-state index is 9.53. The SMILES string of the molecule is COC1CN(C2=CCC3=C4CN(c5ccc(C#N)c6ncccc56)C[C@@H](C)N4CC3=C2)CC1N. The summed E-state index contributed by atoms with van der Waals surface area (Å²) in [6.07, 6.45) is 7.53. The van der Waals surface area contributed by atoms with Gasteiger partial charge in [0.1, 0.15) is 6.07 Å². The summed E-state index contributed by atoms with van der Waals surface area (Å²) in [5.41, 5.74) is 14.4. The van der Waals surface area contributed by atoms with Crippen molar-refractivity contribution < 1.29 is 4.74 Å². The summed E-state index contributed by atoms with van der Waals surface area (Å²) in [6.45, 7) is 6.79. The van der Waals surface area contributed by atoms with Gasteiger partial charge in [0.2, 0.25) is 0 Å². The summed E-state index contributed by atoms with van der Waals surface area (Å²) in [5.74, 6) is 0. The average molecular weight is 455 g/mol. The number of aromatic nitrogens is 1. The van der Waals surface area contributed by atoms with Crippen molar-refractivity contribution in [3.63, 3.8) is 0 Å². The van der Waals surface area contributed by atoms with Crippen LogP contribution in [-0.2, 0) is 4.74 Å². The molecular weight excluding hydrogens is 424 g/mol. The van der Waals surface area contributed by atoms with E-state index < -0.39 is 0 Å². The molecule has 7 nitrogen and oxygen atoms in total. The van der Waals surface area contributed by atoms with E-state index in [2.05, 4.69) is 57.0 Å². The minimum Gasteiger partial charge on any atom is -0.378 e. The van der Waals surface area contributed by atoms with Crippen LogP contribution < -0.4 is 10.6 Å². The number of piperazine rings is 1. The van der Waals surface area contributed by atoms with Gasteiger partial charge in [-0.05, 0) is 54.8 Å². The molecule has 1 aliphatic carbocycles. The van der Waals surface area contributed by atoms with Gasteiger partial charge in [0.05, 0.1) is 29.8 Å². The molecule has 2 fully saturated rings. The fourth-order valence-corrected chi connectivity index (χ4v) is 6.02. The average Bonchev–Trinajstić information content (AvgIpc) is 3.43. The lowest BCUT2D eigenvalue weighted by atomic mass is 9.96. The Morgan fingerprint density at radius 1 is 1.15 bits per heavy atom. The molecule has 2 aromatic rings. The number of rotatable bonds is 3. The van der Waals surface area contributed by atoms with Gasteiger partial charge >= 0.3 is 0 Å². The molecule has 0 spiro atoms. The van der Waals surface area contributed by atoms with Crippen LogP contribution in [0.5, 0.6) is 0 Å². The van der Waals surface area contributed by atoms with Crippen LogP contribution in [0.2, 0.25) is 0 Å². The zero-order chi connectivity index (χ0) is 23.4. The Hall–Kier alpha value is -3.34. The first kappa shape index (κ1) is 21.2. The number of nitrogens with zero attached hydrogens (tertiary/aromatic N) is 5. The van der Waals surface area contributed by atoms with Gasteiger partial charge in [-0.2, -0.15) is 5.26 Å². The molecule has 1 aromatic carbocycles. The third kappa shape index (κ3) is 3.29. The Balaban J connectivity index is 1.31. The molecule has 3 atom stereocenters. The van der Waals surface area contributed by atoms with E-state index in [1.165, 1.54) is 22.5 Å². The van der Waals surface area contributed by atoms with E-state index in [-0.39, 0.29) is 12.1 Å². The second-order valence-electron chi connectivity index (χ2n) is 9.77. The van der Waals surface area contributed by atoms with Gasteiger partial charge in [0.15, 0.2) is 0 Å². The first-order chi connectivity index (χ1) is 16.6. The van der Waals surface area contributed by atoms with Crippen LogP contribution in [0.4, 0.5) is 5.69 Å². The second-order valence-corrected chi connectivity index (χ2v) is 9.77. The molecule has 3 aliphatic heterocycles. The van der Waals surface area contributed by atoms with Crippen LogP contribution in [0, 0.1) is 11.3 Å². The minimum absolute atomic E-state index is 0.0595. The van der Waals surface area contributed by atoms with Gasteiger partial charge in [-0.15, -0.1) is 0 Å². The molecule has 0 bridgehead atoms. The van der Waals surface area contributed by atoms with Crippen molar-refractivity contribution >= 4 is 16.6 Å². The predicted molar refractivity (Wildman–Crippen MR) is 133 cm³/mol. The van der Waals surface area contributed by atoms with E-state index in [1.54, 1.807) is 13.3 Å². The molecule has 0 saturated carbocycles. The van der Waals surface area contributed by atoms with Crippen LogP contribution in [-0.4, -0.2) is 72.8 Å². The Morgan fingerprint density at radius 3 is 2.82 bits per heavy atom. The van der Waals surface area contributed by atoms with Crippen molar-refractivity contribution in [2.24, 2.45) is 5.73 Å². The van der Waals surface area contributed by atoms with Crippen molar-refractivity contribution in [2.75, 3.05) is 44.7 Å². The molecule has 34 heavy (non-hydrogen) atoms. The number of allylic oxidation sites excluding steroid dienone is 2. The van der Waals surface area contributed by atoms with Crippen LogP contribution in [0.25, 0.3) is 10.9 Å². The van der Waals surface area contributed by atoms with Gasteiger partial charge in [-0.25, -0.2) is 0 Å². The van der Waals surface area contributed by atoms with Crippen LogP contribution in [0.1, 0.15) is 18.9 Å². The lowest BCUT2D eigenvalue weighted by molar-refractivity contribution is 0.101. The maximum atomic E-state index is 9.53. The summed E-state index contributed by atoms with van der Waals surface area (Å²) in [5, 5.41) is 10.6. The number of benzene rings is 1. The molecule has 6 rings (SSSR count). The summed E-state index contributed by atoms with van der Waals surface area (Å²) in [4.78, 5) is 11.9. The fourth-order valence-electron chi connectivity index (χ4n) is 6.02. The number of hydrogen-bond donors (Lipinski definition) is 1. The Morgan fingerprint density at radius 2 is 2.03 bits per heavy atom. The van der Waals surface area contributed by atoms with Gasteiger partial charge in [0, 0.05) is 68.0 Å². The van der Waals surface area contributed by atoms with E-state index in [4.69, 9.17) is 10.5 Å². The van der Waals surface area contributed by atoms with Crippen LogP contribution >= 0.6 is 0 Å². The molecule has 4 heterocycles. The maximum Gasteiger partial charge on any atom is 0.101 e. The highest BCUT2D eigenvalue weighted by atomic mass is 16.5. The molecule has 2 N–H and O–H groups in total. The molecule has 4 aliphatic rings. The molecule has 7 heteroatoms. The number of methoxy groups -OCH3 is 1.